The van der Waals surface area contributed by atoms with E-state index in [0.29, 0.717) is 17.9 Å². The molecule has 1 aromatic carbocycles. The van der Waals surface area contributed by atoms with E-state index in [2.05, 4.69) is 0 Å². The van der Waals surface area contributed by atoms with Crippen LogP contribution in [0.4, 0.5) is 4.39 Å². The molecule has 0 spiro atoms. The summed E-state index contributed by atoms with van der Waals surface area (Å²) in [6, 6.07) is 4.68. The van der Waals surface area contributed by atoms with Crippen molar-refractivity contribution < 1.29 is 9.18 Å². The minimum absolute atomic E-state index is 0.101. The molecule has 2 bridgehead atoms. The Hall–Kier alpha value is -0.890. The molecular weight excluding hydrogens is 263 g/mol. The fourth-order valence-corrected chi connectivity index (χ4v) is 4.08. The Kier molecular flexibility index (Phi) is 3.62. The highest BCUT2D eigenvalue weighted by atomic mass is 35.5. The monoisotopic (exact) mass is 280 g/mol. The molecule has 102 valence electrons. The van der Waals surface area contributed by atoms with Crippen molar-refractivity contribution in [2.75, 3.05) is 0 Å². The van der Waals surface area contributed by atoms with Gasteiger partial charge in [-0.15, -0.1) is 0 Å². The molecule has 0 amide bonds. The van der Waals surface area contributed by atoms with Gasteiger partial charge in [-0.2, -0.15) is 0 Å². The van der Waals surface area contributed by atoms with E-state index >= 15 is 0 Å². The van der Waals surface area contributed by atoms with Gasteiger partial charge in [-0.1, -0.05) is 30.2 Å². The van der Waals surface area contributed by atoms with Crippen molar-refractivity contribution in [2.24, 2.45) is 17.8 Å². The topological polar surface area (TPSA) is 17.1 Å². The van der Waals surface area contributed by atoms with Crippen LogP contribution in [0.3, 0.4) is 0 Å². The molecule has 0 N–H and O–H groups in total. The van der Waals surface area contributed by atoms with Gasteiger partial charge in [0.25, 0.3) is 0 Å². The van der Waals surface area contributed by atoms with Crippen LogP contribution >= 0.6 is 11.6 Å². The lowest BCUT2D eigenvalue weighted by Gasteiger charge is -2.20. The normalized spacial score (nSPS) is 28.8. The Morgan fingerprint density at radius 2 is 2.16 bits per heavy atom. The van der Waals surface area contributed by atoms with Crippen molar-refractivity contribution in [2.45, 2.75) is 38.5 Å². The van der Waals surface area contributed by atoms with Gasteiger partial charge in [-0.05, 0) is 48.6 Å². The second-order valence-electron chi connectivity index (χ2n) is 6.07. The molecule has 2 saturated carbocycles. The molecule has 1 nitrogen and oxygen atoms in total. The van der Waals surface area contributed by atoms with Crippen molar-refractivity contribution in [3.8, 4) is 0 Å². The zero-order valence-electron chi connectivity index (χ0n) is 10.9. The summed E-state index contributed by atoms with van der Waals surface area (Å²) in [5.41, 5.74) is 0.620. The van der Waals surface area contributed by atoms with Gasteiger partial charge in [0.05, 0.1) is 5.02 Å². The van der Waals surface area contributed by atoms with E-state index < -0.39 is 5.82 Å². The molecule has 3 unspecified atom stereocenters. The Morgan fingerprint density at radius 1 is 1.32 bits per heavy atom. The van der Waals surface area contributed by atoms with E-state index in [1.807, 2.05) is 0 Å². The number of hydrogen-bond acceptors (Lipinski definition) is 1. The number of rotatable bonds is 4. The first-order valence-electron chi connectivity index (χ1n) is 7.08. The SMILES string of the molecule is O=C(Cc1cccc(F)c1Cl)CC1CC2CCC1C2. The largest absolute Gasteiger partial charge is 0.299 e. The summed E-state index contributed by atoms with van der Waals surface area (Å²) >= 11 is 5.89. The minimum atomic E-state index is -0.438. The van der Waals surface area contributed by atoms with Crippen molar-refractivity contribution in [3.05, 3.63) is 34.6 Å². The van der Waals surface area contributed by atoms with E-state index in [1.165, 1.54) is 31.7 Å². The highest BCUT2D eigenvalue weighted by molar-refractivity contribution is 6.31. The van der Waals surface area contributed by atoms with Crippen LogP contribution in [0.1, 0.15) is 37.7 Å². The van der Waals surface area contributed by atoms with Crippen LogP contribution in [-0.2, 0) is 11.2 Å². The molecule has 19 heavy (non-hydrogen) atoms. The second kappa shape index (κ2) is 5.24. The number of carbonyl (C=O) groups is 1. The molecular formula is C16H18ClFO. The third-order valence-electron chi connectivity index (χ3n) is 4.79. The van der Waals surface area contributed by atoms with Gasteiger partial charge in [0, 0.05) is 12.8 Å². The Morgan fingerprint density at radius 3 is 2.84 bits per heavy atom. The molecule has 0 saturated heterocycles. The molecule has 0 aromatic heterocycles. The fraction of sp³-hybridized carbons (Fsp3) is 0.562. The number of hydrogen-bond donors (Lipinski definition) is 0. The van der Waals surface area contributed by atoms with Crippen molar-refractivity contribution >= 4 is 17.4 Å². The average molecular weight is 281 g/mol. The summed E-state index contributed by atoms with van der Waals surface area (Å²) in [6.07, 6.45) is 6.10. The standard InChI is InChI=1S/C16H18ClFO/c17-16-12(2-1-3-15(16)18)8-14(19)9-13-7-10-4-5-11(13)6-10/h1-3,10-11,13H,4-9H2. The van der Waals surface area contributed by atoms with E-state index in [0.717, 1.165) is 11.8 Å². The number of halogens is 2. The molecule has 1 aromatic rings. The third kappa shape index (κ3) is 2.69. The van der Waals surface area contributed by atoms with Crippen LogP contribution in [0.15, 0.2) is 18.2 Å². The molecule has 2 fully saturated rings. The van der Waals surface area contributed by atoms with Gasteiger partial charge in [0.1, 0.15) is 11.6 Å². The van der Waals surface area contributed by atoms with E-state index in [1.54, 1.807) is 12.1 Å². The summed E-state index contributed by atoms with van der Waals surface area (Å²) in [5, 5.41) is 0.101. The predicted octanol–water partition coefficient (Wildman–Crippen LogP) is 4.42. The average Bonchev–Trinajstić information content (AvgIpc) is 2.97. The van der Waals surface area contributed by atoms with Crippen molar-refractivity contribution in [1.82, 2.24) is 0 Å². The Bertz CT molecular complexity index is 500. The summed E-state index contributed by atoms with van der Waals surface area (Å²) in [7, 11) is 0. The predicted molar refractivity (Wildman–Crippen MR) is 73.7 cm³/mol. The lowest BCUT2D eigenvalue weighted by atomic mass is 9.84. The van der Waals surface area contributed by atoms with Crippen LogP contribution < -0.4 is 0 Å². The van der Waals surface area contributed by atoms with Gasteiger partial charge in [-0.3, -0.25) is 4.79 Å². The van der Waals surface area contributed by atoms with Crippen LogP contribution in [0.25, 0.3) is 0 Å². The lowest BCUT2D eigenvalue weighted by molar-refractivity contribution is -0.119. The van der Waals surface area contributed by atoms with Crippen LogP contribution in [0, 0.1) is 23.6 Å². The van der Waals surface area contributed by atoms with Gasteiger partial charge in [-0.25, -0.2) is 4.39 Å². The van der Waals surface area contributed by atoms with Crippen molar-refractivity contribution in [3.63, 3.8) is 0 Å². The zero-order valence-corrected chi connectivity index (χ0v) is 11.6. The van der Waals surface area contributed by atoms with Gasteiger partial charge in [0.2, 0.25) is 0 Å². The van der Waals surface area contributed by atoms with E-state index in [9.17, 15) is 9.18 Å². The first-order chi connectivity index (χ1) is 9.13. The van der Waals surface area contributed by atoms with Gasteiger partial charge < -0.3 is 0 Å². The maximum atomic E-state index is 13.3. The first kappa shape index (κ1) is 13.1. The Labute approximate surface area is 118 Å². The molecule has 3 heteroatoms. The van der Waals surface area contributed by atoms with Gasteiger partial charge >= 0.3 is 0 Å². The second-order valence-corrected chi connectivity index (χ2v) is 6.45. The quantitative estimate of drug-likeness (QED) is 0.798. The van der Waals surface area contributed by atoms with E-state index in [-0.39, 0.29) is 17.2 Å². The summed E-state index contributed by atoms with van der Waals surface area (Å²) in [5.74, 6) is 1.95. The smallest absolute Gasteiger partial charge is 0.142 e. The molecule has 0 heterocycles. The maximum absolute atomic E-state index is 13.3. The molecule has 0 radical (unpaired) electrons. The number of carbonyl (C=O) groups excluding carboxylic acids is 1. The van der Waals surface area contributed by atoms with Gasteiger partial charge in [0.15, 0.2) is 0 Å². The van der Waals surface area contributed by atoms with Crippen LogP contribution in [0.5, 0.6) is 0 Å². The number of benzene rings is 1. The summed E-state index contributed by atoms with van der Waals surface area (Å²) in [4.78, 5) is 12.1. The minimum Gasteiger partial charge on any atom is -0.299 e. The number of Topliss-reactive ketones (excluding diaryl/α,β-unsaturated/α-hetero) is 1. The lowest BCUT2D eigenvalue weighted by Crippen LogP contribution is -2.16. The van der Waals surface area contributed by atoms with Crippen LogP contribution in [0.2, 0.25) is 5.02 Å². The molecule has 3 rings (SSSR count). The van der Waals surface area contributed by atoms with E-state index in [4.69, 9.17) is 11.6 Å². The third-order valence-corrected chi connectivity index (χ3v) is 5.22. The molecule has 2 aliphatic carbocycles. The summed E-state index contributed by atoms with van der Waals surface area (Å²) in [6.45, 7) is 0. The number of ketones is 1. The first-order valence-corrected chi connectivity index (χ1v) is 7.46. The Balaban J connectivity index is 1.61. The molecule has 0 aliphatic heterocycles. The zero-order chi connectivity index (χ0) is 13.4. The van der Waals surface area contributed by atoms with Crippen LogP contribution in [-0.4, -0.2) is 5.78 Å². The van der Waals surface area contributed by atoms with Crippen molar-refractivity contribution in [1.29, 1.82) is 0 Å². The summed E-state index contributed by atoms with van der Waals surface area (Å²) < 4.78 is 13.3. The highest BCUT2D eigenvalue weighted by Crippen LogP contribution is 2.49. The molecule has 2 aliphatic rings. The maximum Gasteiger partial charge on any atom is 0.142 e. The molecule has 3 atom stereocenters. The fourth-order valence-electron chi connectivity index (χ4n) is 3.89. The number of fused-ring (bicyclic) bond motifs is 2. The highest BCUT2D eigenvalue weighted by Gasteiger charge is 2.39.